The molecule has 0 aliphatic carbocycles. The van der Waals surface area contributed by atoms with E-state index >= 15 is 0 Å². The first kappa shape index (κ1) is 24.3. The number of carbonyl (C=O) groups excluding carboxylic acids is 1. The smallest absolute Gasteiger partial charge is 0.309 e. The number of ether oxygens (including phenoxy) is 4. The van der Waals surface area contributed by atoms with Crippen LogP contribution in [0.2, 0.25) is 0 Å². The summed E-state index contributed by atoms with van der Waals surface area (Å²) in [5.41, 5.74) is 0. The average molecular weight is 426 g/mol. The number of hydrogen-bond donors (Lipinski definition) is 7. The average Bonchev–Trinajstić information content (AvgIpc) is 2.72. The highest BCUT2D eigenvalue weighted by molar-refractivity contribution is 5.72. The summed E-state index contributed by atoms with van der Waals surface area (Å²) in [4.78, 5) is 12.2. The lowest BCUT2D eigenvalue weighted by atomic mass is 9.97. The number of carbonyl (C=O) groups is 1. The van der Waals surface area contributed by atoms with E-state index in [1.807, 2.05) is 0 Å². The highest BCUT2D eigenvalue weighted by Crippen LogP contribution is 2.30. The standard InChI is InChI=1S/C17H30O12/c1-3-6(2)15(25)28-14-12(23)10(21)8(5-19)27-17(14)29-16-13(24)11(22)9(20)7(4-18)26-16/h6-14,16-24H,3-5H2,1-2H3. The molecule has 170 valence electrons. The maximum atomic E-state index is 12.2. The van der Waals surface area contributed by atoms with Crippen LogP contribution in [0.25, 0.3) is 0 Å². The summed E-state index contributed by atoms with van der Waals surface area (Å²) in [6, 6.07) is 0. The van der Waals surface area contributed by atoms with Crippen molar-refractivity contribution in [3.8, 4) is 0 Å². The van der Waals surface area contributed by atoms with E-state index in [1.54, 1.807) is 13.8 Å². The quantitative estimate of drug-likeness (QED) is 0.196. The summed E-state index contributed by atoms with van der Waals surface area (Å²) in [5, 5.41) is 68.9. The molecule has 2 aliphatic rings. The van der Waals surface area contributed by atoms with Gasteiger partial charge in [-0.3, -0.25) is 4.79 Å². The van der Waals surface area contributed by atoms with Crippen molar-refractivity contribution in [2.24, 2.45) is 5.92 Å². The Balaban J connectivity index is 2.21. The fourth-order valence-electron chi connectivity index (χ4n) is 3.02. The number of hydrogen-bond acceptors (Lipinski definition) is 12. The Hall–Kier alpha value is -0.930. The second-order valence-electron chi connectivity index (χ2n) is 7.25. The van der Waals surface area contributed by atoms with Gasteiger partial charge in [0.25, 0.3) is 0 Å². The minimum atomic E-state index is -1.76. The monoisotopic (exact) mass is 426 g/mol. The van der Waals surface area contributed by atoms with Gasteiger partial charge in [-0.1, -0.05) is 13.8 Å². The van der Waals surface area contributed by atoms with Gasteiger partial charge < -0.3 is 54.7 Å². The van der Waals surface area contributed by atoms with Crippen LogP contribution in [0.1, 0.15) is 20.3 Å². The van der Waals surface area contributed by atoms with Crippen LogP contribution in [-0.4, -0.2) is 116 Å². The molecule has 2 aliphatic heterocycles. The van der Waals surface area contributed by atoms with E-state index in [9.17, 15) is 40.5 Å². The Morgan fingerprint density at radius 2 is 1.38 bits per heavy atom. The van der Waals surface area contributed by atoms with Crippen LogP contribution in [-0.2, 0) is 23.7 Å². The summed E-state index contributed by atoms with van der Waals surface area (Å²) < 4.78 is 21.3. The zero-order valence-corrected chi connectivity index (χ0v) is 16.1. The van der Waals surface area contributed by atoms with Crippen LogP contribution in [0.3, 0.4) is 0 Å². The van der Waals surface area contributed by atoms with E-state index in [2.05, 4.69) is 0 Å². The van der Waals surface area contributed by atoms with Gasteiger partial charge in [0.05, 0.1) is 19.1 Å². The van der Waals surface area contributed by atoms with E-state index < -0.39 is 86.5 Å². The summed E-state index contributed by atoms with van der Waals surface area (Å²) >= 11 is 0. The van der Waals surface area contributed by atoms with Crippen molar-refractivity contribution in [3.63, 3.8) is 0 Å². The first-order valence-corrected chi connectivity index (χ1v) is 9.45. The molecule has 2 heterocycles. The molecule has 0 amide bonds. The van der Waals surface area contributed by atoms with Crippen LogP contribution in [0.4, 0.5) is 0 Å². The van der Waals surface area contributed by atoms with Crippen LogP contribution >= 0.6 is 0 Å². The van der Waals surface area contributed by atoms with Gasteiger partial charge in [0, 0.05) is 0 Å². The number of esters is 1. The molecule has 0 saturated carbocycles. The van der Waals surface area contributed by atoms with E-state index in [4.69, 9.17) is 18.9 Å². The molecule has 0 spiro atoms. The largest absolute Gasteiger partial charge is 0.454 e. The normalized spacial score (nSPS) is 44.3. The maximum absolute atomic E-state index is 12.2. The molecule has 12 nitrogen and oxygen atoms in total. The van der Waals surface area contributed by atoms with Crippen molar-refractivity contribution in [1.82, 2.24) is 0 Å². The van der Waals surface area contributed by atoms with Crippen molar-refractivity contribution < 1.29 is 59.5 Å². The minimum absolute atomic E-state index is 0.447. The van der Waals surface area contributed by atoms with E-state index in [-0.39, 0.29) is 0 Å². The van der Waals surface area contributed by atoms with Crippen LogP contribution in [0, 0.1) is 5.92 Å². The molecule has 0 aromatic heterocycles. The van der Waals surface area contributed by atoms with Gasteiger partial charge in [0.2, 0.25) is 6.29 Å². The Kier molecular flexibility index (Phi) is 8.72. The van der Waals surface area contributed by atoms with Gasteiger partial charge in [-0.2, -0.15) is 0 Å². The summed E-state index contributed by atoms with van der Waals surface area (Å²) in [6.45, 7) is 1.96. The maximum Gasteiger partial charge on any atom is 0.309 e. The molecule has 2 fully saturated rings. The topological polar surface area (TPSA) is 196 Å². The van der Waals surface area contributed by atoms with Gasteiger partial charge >= 0.3 is 5.97 Å². The summed E-state index contributed by atoms with van der Waals surface area (Å²) in [6.07, 6.45) is -15.3. The molecule has 0 aromatic rings. The minimum Gasteiger partial charge on any atom is -0.454 e. The summed E-state index contributed by atoms with van der Waals surface area (Å²) in [5.74, 6) is -1.22. The lowest BCUT2D eigenvalue weighted by Gasteiger charge is -2.45. The summed E-state index contributed by atoms with van der Waals surface area (Å²) in [7, 11) is 0. The number of aliphatic hydroxyl groups excluding tert-OH is 7. The number of rotatable bonds is 7. The Bertz CT molecular complexity index is 531. The zero-order valence-electron chi connectivity index (χ0n) is 16.1. The van der Waals surface area contributed by atoms with Crippen LogP contribution in [0.5, 0.6) is 0 Å². The molecular weight excluding hydrogens is 396 g/mol. The van der Waals surface area contributed by atoms with Gasteiger partial charge in [-0.25, -0.2) is 0 Å². The molecule has 29 heavy (non-hydrogen) atoms. The highest BCUT2D eigenvalue weighted by atomic mass is 16.8. The molecule has 0 radical (unpaired) electrons. The third kappa shape index (κ3) is 5.22. The van der Waals surface area contributed by atoms with E-state index in [0.717, 1.165) is 0 Å². The highest BCUT2D eigenvalue weighted by Gasteiger charge is 2.51. The Morgan fingerprint density at radius 1 is 0.862 bits per heavy atom. The second kappa shape index (κ2) is 10.4. The predicted molar refractivity (Wildman–Crippen MR) is 91.9 cm³/mol. The first-order valence-electron chi connectivity index (χ1n) is 9.45. The van der Waals surface area contributed by atoms with Crippen LogP contribution < -0.4 is 0 Å². The van der Waals surface area contributed by atoms with Crippen molar-refractivity contribution in [2.75, 3.05) is 13.2 Å². The third-order valence-electron chi connectivity index (χ3n) is 5.21. The molecule has 12 heteroatoms. The zero-order chi connectivity index (χ0) is 21.9. The Morgan fingerprint density at radius 3 is 1.90 bits per heavy atom. The fourth-order valence-corrected chi connectivity index (χ4v) is 3.02. The van der Waals surface area contributed by atoms with Crippen molar-refractivity contribution >= 4 is 5.97 Å². The molecule has 2 saturated heterocycles. The lowest BCUT2D eigenvalue weighted by Crippen LogP contribution is -2.64. The van der Waals surface area contributed by atoms with Crippen molar-refractivity contribution in [1.29, 1.82) is 0 Å². The van der Waals surface area contributed by atoms with Gasteiger partial charge in [-0.15, -0.1) is 0 Å². The lowest BCUT2D eigenvalue weighted by molar-refractivity contribution is -0.377. The van der Waals surface area contributed by atoms with Gasteiger partial charge in [0.15, 0.2) is 12.4 Å². The van der Waals surface area contributed by atoms with Gasteiger partial charge in [0.1, 0.15) is 42.7 Å². The van der Waals surface area contributed by atoms with Gasteiger partial charge in [-0.05, 0) is 6.42 Å². The van der Waals surface area contributed by atoms with E-state index in [0.29, 0.717) is 6.42 Å². The molecule has 0 aromatic carbocycles. The molecular formula is C17H30O12. The molecule has 11 atom stereocenters. The fraction of sp³-hybridized carbons (Fsp3) is 0.941. The van der Waals surface area contributed by atoms with E-state index in [1.165, 1.54) is 0 Å². The molecule has 2 rings (SSSR count). The van der Waals surface area contributed by atoms with Crippen molar-refractivity contribution in [3.05, 3.63) is 0 Å². The SMILES string of the molecule is CCC(C)C(=O)OC1C(OC2OC(CO)C(O)C(O)C2O)OC(CO)C(O)C1O. The Labute approximate surface area is 167 Å². The van der Waals surface area contributed by atoms with Crippen LogP contribution in [0.15, 0.2) is 0 Å². The van der Waals surface area contributed by atoms with Crippen molar-refractivity contribution in [2.45, 2.75) is 81.7 Å². The molecule has 11 unspecified atom stereocenters. The predicted octanol–water partition coefficient (Wildman–Crippen LogP) is -3.80. The molecule has 0 bridgehead atoms. The first-order chi connectivity index (χ1) is 13.7. The molecule has 7 N–H and O–H groups in total. The third-order valence-corrected chi connectivity index (χ3v) is 5.21. The number of aliphatic hydroxyl groups is 7. The second-order valence-corrected chi connectivity index (χ2v) is 7.25.